The minimum atomic E-state index is -0.715. The quantitative estimate of drug-likeness (QED) is 0.472. The molecule has 0 aliphatic carbocycles. The van der Waals surface area contributed by atoms with E-state index in [0.717, 1.165) is 11.1 Å². The highest BCUT2D eigenvalue weighted by Crippen LogP contribution is 2.21. The van der Waals surface area contributed by atoms with E-state index < -0.39 is 6.04 Å². The lowest BCUT2D eigenvalue weighted by Gasteiger charge is -2.28. The number of amides is 2. The molecule has 32 heavy (non-hydrogen) atoms. The number of ether oxygens (including phenoxy) is 1. The van der Waals surface area contributed by atoms with E-state index in [9.17, 15) is 9.59 Å². The Morgan fingerprint density at radius 3 is 2.28 bits per heavy atom. The molecule has 0 saturated heterocycles. The molecule has 3 rings (SSSR count). The summed E-state index contributed by atoms with van der Waals surface area (Å²) in [6.07, 6.45) is 0. The van der Waals surface area contributed by atoms with E-state index in [-0.39, 0.29) is 31.5 Å². The summed E-state index contributed by atoms with van der Waals surface area (Å²) < 4.78 is 5.62. The first-order valence-electron chi connectivity index (χ1n) is 10.2. The van der Waals surface area contributed by atoms with Gasteiger partial charge in [0.05, 0.1) is 0 Å². The second-order valence-corrected chi connectivity index (χ2v) is 8.08. The van der Waals surface area contributed by atoms with E-state index in [1.165, 1.54) is 4.90 Å². The summed E-state index contributed by atoms with van der Waals surface area (Å²) in [4.78, 5) is 27.4. The van der Waals surface area contributed by atoms with Crippen molar-refractivity contribution in [3.8, 4) is 5.75 Å². The highest BCUT2D eigenvalue weighted by molar-refractivity contribution is 6.35. The number of para-hydroxylation sites is 1. The lowest BCUT2D eigenvalue weighted by Crippen LogP contribution is -2.48. The predicted molar refractivity (Wildman–Crippen MR) is 127 cm³/mol. The SMILES string of the molecule is C[C@@H](C(=O)NCc1ccc(Cl)cc1Cl)N(Cc1ccccc1)C(=O)COc1ccccc1. The van der Waals surface area contributed by atoms with Crippen LogP contribution in [0.4, 0.5) is 0 Å². The maximum absolute atomic E-state index is 13.0. The molecule has 0 aliphatic heterocycles. The third kappa shape index (κ3) is 6.74. The van der Waals surface area contributed by atoms with Gasteiger partial charge in [-0.1, -0.05) is 77.8 Å². The number of carbonyl (C=O) groups is 2. The van der Waals surface area contributed by atoms with Crippen LogP contribution in [0, 0.1) is 0 Å². The molecule has 5 nitrogen and oxygen atoms in total. The van der Waals surface area contributed by atoms with E-state index in [0.29, 0.717) is 15.8 Å². The summed E-state index contributed by atoms with van der Waals surface area (Å²) in [5, 5.41) is 3.85. The summed E-state index contributed by atoms with van der Waals surface area (Å²) in [5.74, 6) is 0.0138. The molecule has 3 aromatic rings. The Balaban J connectivity index is 1.69. The molecule has 0 fully saturated rings. The Kier molecular flexibility index (Phi) is 8.54. The van der Waals surface area contributed by atoms with Crippen molar-refractivity contribution in [1.82, 2.24) is 10.2 Å². The Labute approximate surface area is 197 Å². The molecule has 7 heteroatoms. The van der Waals surface area contributed by atoms with Gasteiger partial charge < -0.3 is 15.0 Å². The number of hydrogen-bond acceptors (Lipinski definition) is 3. The average Bonchev–Trinajstić information content (AvgIpc) is 2.81. The first kappa shape index (κ1) is 23.6. The summed E-state index contributed by atoms with van der Waals surface area (Å²) in [6.45, 7) is 2.04. The second-order valence-electron chi connectivity index (χ2n) is 7.24. The molecule has 0 radical (unpaired) electrons. The summed E-state index contributed by atoms with van der Waals surface area (Å²) in [6, 6.07) is 23.0. The van der Waals surface area contributed by atoms with Crippen molar-refractivity contribution in [3.05, 3.63) is 100 Å². The third-order valence-corrected chi connectivity index (χ3v) is 5.52. The zero-order valence-electron chi connectivity index (χ0n) is 17.6. The number of carbonyl (C=O) groups excluding carboxylic acids is 2. The summed E-state index contributed by atoms with van der Waals surface area (Å²) >= 11 is 12.1. The maximum Gasteiger partial charge on any atom is 0.261 e. The van der Waals surface area contributed by atoms with Crippen LogP contribution >= 0.6 is 23.2 Å². The molecule has 166 valence electrons. The molecule has 1 atom stereocenters. The van der Waals surface area contributed by atoms with Crippen molar-refractivity contribution >= 4 is 35.0 Å². The molecule has 0 unspecified atom stereocenters. The van der Waals surface area contributed by atoms with Crippen LogP contribution in [0.2, 0.25) is 10.0 Å². The van der Waals surface area contributed by atoms with Gasteiger partial charge in [0.1, 0.15) is 11.8 Å². The molecule has 2 amide bonds. The van der Waals surface area contributed by atoms with Gasteiger partial charge in [0.25, 0.3) is 5.91 Å². The topological polar surface area (TPSA) is 58.6 Å². The molecule has 3 aromatic carbocycles. The molecule has 0 saturated carbocycles. The van der Waals surface area contributed by atoms with Crippen LogP contribution in [0.3, 0.4) is 0 Å². The van der Waals surface area contributed by atoms with Crippen molar-refractivity contribution < 1.29 is 14.3 Å². The molecule has 0 aliphatic rings. The van der Waals surface area contributed by atoms with Gasteiger partial charge in [0.15, 0.2) is 6.61 Å². The fourth-order valence-electron chi connectivity index (χ4n) is 3.10. The first-order valence-corrected chi connectivity index (χ1v) is 10.9. The molecular formula is C25H24Cl2N2O3. The molecular weight excluding hydrogens is 447 g/mol. The van der Waals surface area contributed by atoms with Crippen molar-refractivity contribution in [1.29, 1.82) is 0 Å². The maximum atomic E-state index is 13.0. The predicted octanol–water partition coefficient (Wildman–Crippen LogP) is 5.11. The van der Waals surface area contributed by atoms with Gasteiger partial charge in [0, 0.05) is 23.1 Å². The molecule has 0 heterocycles. The van der Waals surface area contributed by atoms with Crippen molar-refractivity contribution in [2.24, 2.45) is 0 Å². The van der Waals surface area contributed by atoms with Crippen LogP contribution in [0.1, 0.15) is 18.1 Å². The van der Waals surface area contributed by atoms with E-state index in [4.69, 9.17) is 27.9 Å². The van der Waals surface area contributed by atoms with Crippen LogP contribution in [-0.4, -0.2) is 29.4 Å². The van der Waals surface area contributed by atoms with E-state index in [2.05, 4.69) is 5.32 Å². The van der Waals surface area contributed by atoms with Crippen LogP contribution in [0.15, 0.2) is 78.9 Å². The molecule has 1 N–H and O–H groups in total. The summed E-state index contributed by atoms with van der Waals surface area (Å²) in [5.41, 5.74) is 1.66. The van der Waals surface area contributed by atoms with Gasteiger partial charge in [-0.15, -0.1) is 0 Å². The number of nitrogens with one attached hydrogen (secondary N) is 1. The minimum Gasteiger partial charge on any atom is -0.484 e. The summed E-state index contributed by atoms with van der Waals surface area (Å²) in [7, 11) is 0. The Morgan fingerprint density at radius 1 is 0.969 bits per heavy atom. The molecule has 0 bridgehead atoms. The number of rotatable bonds is 9. The molecule has 0 aromatic heterocycles. The lowest BCUT2D eigenvalue weighted by molar-refractivity contribution is -0.142. The monoisotopic (exact) mass is 470 g/mol. The normalized spacial score (nSPS) is 11.5. The zero-order chi connectivity index (χ0) is 22.9. The second kappa shape index (κ2) is 11.6. The third-order valence-electron chi connectivity index (χ3n) is 4.94. The van der Waals surface area contributed by atoms with E-state index in [1.807, 2.05) is 48.5 Å². The van der Waals surface area contributed by atoms with Gasteiger partial charge >= 0.3 is 0 Å². The fraction of sp³-hybridized carbons (Fsp3) is 0.200. The average molecular weight is 471 g/mol. The van der Waals surface area contributed by atoms with Crippen molar-refractivity contribution in [2.75, 3.05) is 6.61 Å². The fourth-order valence-corrected chi connectivity index (χ4v) is 3.58. The Bertz CT molecular complexity index is 1050. The molecule has 0 spiro atoms. The number of hydrogen-bond donors (Lipinski definition) is 1. The minimum absolute atomic E-state index is 0.169. The number of halogens is 2. The smallest absolute Gasteiger partial charge is 0.261 e. The van der Waals surface area contributed by atoms with Crippen molar-refractivity contribution in [3.63, 3.8) is 0 Å². The lowest BCUT2D eigenvalue weighted by atomic mass is 10.1. The van der Waals surface area contributed by atoms with Crippen LogP contribution < -0.4 is 10.1 Å². The van der Waals surface area contributed by atoms with Crippen LogP contribution in [-0.2, 0) is 22.7 Å². The van der Waals surface area contributed by atoms with Gasteiger partial charge in [-0.25, -0.2) is 0 Å². The van der Waals surface area contributed by atoms with Gasteiger partial charge in [-0.05, 0) is 42.3 Å². The largest absolute Gasteiger partial charge is 0.484 e. The van der Waals surface area contributed by atoms with Crippen molar-refractivity contribution in [2.45, 2.75) is 26.1 Å². The first-order chi connectivity index (χ1) is 15.4. The van der Waals surface area contributed by atoms with Gasteiger partial charge in [0.2, 0.25) is 5.91 Å². The van der Waals surface area contributed by atoms with Crippen LogP contribution in [0.25, 0.3) is 0 Å². The van der Waals surface area contributed by atoms with E-state index in [1.54, 1.807) is 37.3 Å². The highest BCUT2D eigenvalue weighted by atomic mass is 35.5. The Hall–Kier alpha value is -3.02. The standard InChI is InChI=1S/C25H24Cl2N2O3/c1-18(25(31)28-15-20-12-13-21(26)14-23(20)27)29(16-19-8-4-2-5-9-19)24(30)17-32-22-10-6-3-7-11-22/h2-14,18H,15-17H2,1H3,(H,28,31)/t18-/m0/s1. The van der Waals surface area contributed by atoms with E-state index >= 15 is 0 Å². The zero-order valence-corrected chi connectivity index (χ0v) is 19.1. The number of benzene rings is 3. The van der Waals surface area contributed by atoms with Gasteiger partial charge in [-0.2, -0.15) is 0 Å². The number of nitrogens with zero attached hydrogens (tertiary/aromatic N) is 1. The highest BCUT2D eigenvalue weighted by Gasteiger charge is 2.26. The Morgan fingerprint density at radius 2 is 1.62 bits per heavy atom. The van der Waals surface area contributed by atoms with Gasteiger partial charge in [-0.3, -0.25) is 9.59 Å². The van der Waals surface area contributed by atoms with Crippen LogP contribution in [0.5, 0.6) is 5.75 Å².